The Morgan fingerprint density at radius 2 is 2.22 bits per heavy atom. The minimum Gasteiger partial charge on any atom is -0.395 e. The van der Waals surface area contributed by atoms with Crippen molar-refractivity contribution in [3.8, 4) is 0 Å². The van der Waals surface area contributed by atoms with Gasteiger partial charge in [-0.05, 0) is 13.0 Å². The molecule has 10 heteroatoms. The van der Waals surface area contributed by atoms with Gasteiger partial charge in [-0.15, -0.1) is 0 Å². The van der Waals surface area contributed by atoms with Crippen LogP contribution in [0.5, 0.6) is 0 Å². The Balaban J connectivity index is 2.74. The smallest absolute Gasteiger partial charge is 0.290 e. The van der Waals surface area contributed by atoms with Crippen LogP contribution in [0.25, 0.3) is 10.9 Å². The summed E-state index contributed by atoms with van der Waals surface area (Å²) < 4.78 is 1.31. The van der Waals surface area contributed by atoms with Gasteiger partial charge in [0.25, 0.3) is 11.6 Å². The number of nitrogens with zero attached hydrogens (tertiary/aromatic N) is 3. The maximum Gasteiger partial charge on any atom is 0.290 e. The van der Waals surface area contributed by atoms with Gasteiger partial charge < -0.3 is 10.4 Å². The molecule has 0 aliphatic heterocycles. The quantitative estimate of drug-likeness (QED) is 0.609. The van der Waals surface area contributed by atoms with Crippen molar-refractivity contribution in [3.63, 3.8) is 0 Å². The second kappa shape index (κ2) is 6.71. The lowest BCUT2D eigenvalue weighted by Crippen LogP contribution is -2.33. The molecule has 0 saturated carbocycles. The van der Waals surface area contributed by atoms with E-state index in [-0.39, 0.29) is 47.0 Å². The van der Waals surface area contributed by atoms with Crippen molar-refractivity contribution in [1.82, 2.24) is 15.1 Å². The number of nitro benzene ring substituents is 1. The number of carbonyl (C=O) groups is 1. The Kier molecular flexibility index (Phi) is 4.92. The summed E-state index contributed by atoms with van der Waals surface area (Å²) in [6, 6.07) is 2.32. The Labute approximate surface area is 134 Å². The molecule has 1 aromatic heterocycles. The summed E-state index contributed by atoms with van der Waals surface area (Å²) in [5.41, 5.74) is -1.18. The van der Waals surface area contributed by atoms with Gasteiger partial charge >= 0.3 is 0 Å². The number of rotatable bonds is 5. The minimum atomic E-state index is -0.734. The number of carbonyl (C=O) groups excluding carboxylic acids is 1. The molecule has 2 N–H and O–H groups in total. The van der Waals surface area contributed by atoms with Gasteiger partial charge in [0.2, 0.25) is 5.43 Å². The first-order valence-electron chi connectivity index (χ1n) is 6.68. The number of nitro groups is 1. The molecular formula is C13H13ClN4O5. The molecule has 0 radical (unpaired) electrons. The van der Waals surface area contributed by atoms with Gasteiger partial charge in [-0.25, -0.2) is 0 Å². The summed E-state index contributed by atoms with van der Waals surface area (Å²) in [5.74, 6) is -0.734. The number of hydrogen-bond donors (Lipinski definition) is 2. The first-order valence-corrected chi connectivity index (χ1v) is 7.06. The lowest BCUT2D eigenvalue weighted by Gasteiger charge is -2.10. The van der Waals surface area contributed by atoms with E-state index in [4.69, 9.17) is 16.7 Å². The number of aliphatic hydroxyl groups is 1. The number of fused-ring (bicyclic) bond motifs is 1. The van der Waals surface area contributed by atoms with Crippen molar-refractivity contribution in [2.24, 2.45) is 0 Å². The van der Waals surface area contributed by atoms with Crippen molar-refractivity contribution in [1.29, 1.82) is 0 Å². The summed E-state index contributed by atoms with van der Waals surface area (Å²) in [4.78, 5) is 34.7. The normalized spacial score (nSPS) is 10.7. The number of nitrogens with one attached hydrogen (secondary N) is 1. The number of aryl methyl sites for hydroxylation is 1. The zero-order chi connectivity index (χ0) is 17.1. The predicted molar refractivity (Wildman–Crippen MR) is 82.8 cm³/mol. The average Bonchev–Trinajstić information content (AvgIpc) is 2.52. The van der Waals surface area contributed by atoms with Crippen LogP contribution in [0.4, 0.5) is 5.69 Å². The zero-order valence-corrected chi connectivity index (χ0v) is 12.8. The SMILES string of the molecule is CCn1nc(C(=O)NCCO)c(=O)c2cc(Cl)c([N+](=O)[O-])cc21. The Bertz CT molecular complexity index is 848. The highest BCUT2D eigenvalue weighted by Crippen LogP contribution is 2.28. The van der Waals surface area contributed by atoms with Gasteiger partial charge in [0, 0.05) is 19.2 Å². The van der Waals surface area contributed by atoms with Crippen molar-refractivity contribution in [3.05, 3.63) is 43.2 Å². The molecule has 1 amide bonds. The highest BCUT2D eigenvalue weighted by Gasteiger charge is 2.21. The third-order valence-electron chi connectivity index (χ3n) is 3.13. The second-order valence-corrected chi connectivity index (χ2v) is 4.96. The minimum absolute atomic E-state index is 0.0227. The van der Waals surface area contributed by atoms with Gasteiger partial charge in [-0.1, -0.05) is 11.6 Å². The number of benzene rings is 1. The number of aromatic nitrogens is 2. The third kappa shape index (κ3) is 3.15. The maximum atomic E-state index is 12.4. The Morgan fingerprint density at radius 3 is 2.78 bits per heavy atom. The molecule has 0 atom stereocenters. The van der Waals surface area contributed by atoms with Gasteiger partial charge in [-0.2, -0.15) is 5.10 Å². The summed E-state index contributed by atoms with van der Waals surface area (Å²) in [7, 11) is 0. The van der Waals surface area contributed by atoms with Crippen LogP contribution in [0.1, 0.15) is 17.4 Å². The van der Waals surface area contributed by atoms with Crippen LogP contribution in [-0.4, -0.2) is 38.9 Å². The molecule has 23 heavy (non-hydrogen) atoms. The molecule has 0 fully saturated rings. The molecule has 0 bridgehead atoms. The van der Waals surface area contributed by atoms with E-state index >= 15 is 0 Å². The molecule has 0 aliphatic carbocycles. The third-order valence-corrected chi connectivity index (χ3v) is 3.44. The fourth-order valence-electron chi connectivity index (χ4n) is 2.08. The first-order chi connectivity index (χ1) is 10.9. The predicted octanol–water partition coefficient (Wildman–Crippen LogP) is 0.700. The van der Waals surface area contributed by atoms with Gasteiger partial charge in [0.1, 0.15) is 5.02 Å². The molecule has 122 valence electrons. The van der Waals surface area contributed by atoms with E-state index in [0.29, 0.717) is 0 Å². The summed E-state index contributed by atoms with van der Waals surface area (Å²) in [6.07, 6.45) is 0. The lowest BCUT2D eigenvalue weighted by atomic mass is 10.1. The number of aliphatic hydroxyl groups excluding tert-OH is 1. The van der Waals surface area contributed by atoms with E-state index in [9.17, 15) is 19.7 Å². The molecule has 1 aromatic carbocycles. The zero-order valence-electron chi connectivity index (χ0n) is 12.1. The van der Waals surface area contributed by atoms with E-state index in [1.165, 1.54) is 4.68 Å². The van der Waals surface area contributed by atoms with Crippen LogP contribution < -0.4 is 10.7 Å². The molecule has 2 rings (SSSR count). The largest absolute Gasteiger partial charge is 0.395 e. The number of halogens is 1. The summed E-state index contributed by atoms with van der Waals surface area (Å²) >= 11 is 5.84. The van der Waals surface area contributed by atoms with E-state index in [1.807, 2.05) is 0 Å². The molecule has 0 spiro atoms. The number of hydrogen-bond acceptors (Lipinski definition) is 6. The second-order valence-electron chi connectivity index (χ2n) is 4.55. The lowest BCUT2D eigenvalue weighted by molar-refractivity contribution is -0.384. The van der Waals surface area contributed by atoms with Crippen LogP contribution in [0.15, 0.2) is 16.9 Å². The van der Waals surface area contributed by atoms with Crippen molar-refractivity contribution < 1.29 is 14.8 Å². The molecule has 9 nitrogen and oxygen atoms in total. The van der Waals surface area contributed by atoms with Gasteiger partial charge in [0.15, 0.2) is 5.69 Å². The van der Waals surface area contributed by atoms with Crippen LogP contribution in [0, 0.1) is 10.1 Å². The highest BCUT2D eigenvalue weighted by atomic mass is 35.5. The van der Waals surface area contributed by atoms with E-state index in [0.717, 1.165) is 12.1 Å². The maximum absolute atomic E-state index is 12.4. The standard InChI is InChI=1S/C13H13ClN4O5/c1-2-17-9-6-10(18(22)23)8(14)5-7(9)12(20)11(16-17)13(21)15-3-4-19/h5-6,19H,2-4H2,1H3,(H,15,21). The number of amides is 1. The van der Waals surface area contributed by atoms with Crippen LogP contribution in [-0.2, 0) is 6.54 Å². The van der Waals surface area contributed by atoms with E-state index < -0.39 is 16.3 Å². The Hall–Kier alpha value is -2.52. The fraction of sp³-hybridized carbons (Fsp3) is 0.308. The van der Waals surface area contributed by atoms with Crippen LogP contribution in [0.2, 0.25) is 5.02 Å². The highest BCUT2D eigenvalue weighted by molar-refractivity contribution is 6.33. The average molecular weight is 341 g/mol. The van der Waals surface area contributed by atoms with Crippen LogP contribution >= 0.6 is 11.6 Å². The van der Waals surface area contributed by atoms with Crippen LogP contribution in [0.3, 0.4) is 0 Å². The fourth-order valence-corrected chi connectivity index (χ4v) is 2.31. The van der Waals surface area contributed by atoms with Gasteiger partial charge in [-0.3, -0.25) is 24.4 Å². The Morgan fingerprint density at radius 1 is 1.52 bits per heavy atom. The molecule has 1 heterocycles. The van der Waals surface area contributed by atoms with Crippen molar-refractivity contribution in [2.45, 2.75) is 13.5 Å². The van der Waals surface area contributed by atoms with Crippen molar-refractivity contribution in [2.75, 3.05) is 13.2 Å². The monoisotopic (exact) mass is 340 g/mol. The molecule has 0 unspecified atom stereocenters. The molecule has 0 aliphatic rings. The van der Waals surface area contributed by atoms with Crippen molar-refractivity contribution >= 4 is 34.1 Å². The topological polar surface area (TPSA) is 127 Å². The van der Waals surface area contributed by atoms with E-state index in [1.54, 1.807) is 6.92 Å². The molecular weight excluding hydrogens is 328 g/mol. The first kappa shape index (κ1) is 16.8. The molecule has 0 saturated heterocycles. The summed E-state index contributed by atoms with van der Waals surface area (Å²) in [5, 5.41) is 25.8. The van der Waals surface area contributed by atoms with E-state index in [2.05, 4.69) is 10.4 Å². The summed E-state index contributed by atoms with van der Waals surface area (Å²) in [6.45, 7) is 1.70. The van der Waals surface area contributed by atoms with Gasteiger partial charge in [0.05, 0.1) is 22.4 Å². The molecule has 2 aromatic rings.